The Balaban J connectivity index is 2.85. The molecule has 0 aliphatic rings. The summed E-state index contributed by atoms with van der Waals surface area (Å²) < 4.78 is 39.9. The third-order valence-electron chi connectivity index (χ3n) is 2.52. The van der Waals surface area contributed by atoms with Crippen molar-refractivity contribution in [3.05, 3.63) is 29.8 Å². The van der Waals surface area contributed by atoms with Gasteiger partial charge in [0.15, 0.2) is 5.78 Å². The minimum absolute atomic E-state index is 0.163. The number of ether oxygens (including phenoxy) is 1. The number of alkyl halides is 3. The molecule has 1 atom stereocenters. The smallest absolute Gasteiger partial charge is 0.406 e. The summed E-state index contributed by atoms with van der Waals surface area (Å²) in [6.45, 7) is 3.72. The van der Waals surface area contributed by atoms with Gasteiger partial charge in [0.25, 0.3) is 0 Å². The van der Waals surface area contributed by atoms with E-state index in [1.54, 1.807) is 6.92 Å². The van der Waals surface area contributed by atoms with Gasteiger partial charge in [0.1, 0.15) is 5.75 Å². The Kier molecular flexibility index (Phi) is 4.76. The van der Waals surface area contributed by atoms with Crippen LogP contribution in [0.1, 0.15) is 37.0 Å². The molecule has 0 heterocycles. The van der Waals surface area contributed by atoms with Crippen molar-refractivity contribution in [2.24, 2.45) is 5.92 Å². The van der Waals surface area contributed by atoms with Crippen LogP contribution in [0, 0.1) is 5.92 Å². The molecule has 0 N–H and O–H groups in total. The molecule has 1 aromatic rings. The van der Waals surface area contributed by atoms with E-state index in [2.05, 4.69) is 4.74 Å². The maximum atomic E-state index is 12.0. The van der Waals surface area contributed by atoms with Gasteiger partial charge in [-0.05, 0) is 18.6 Å². The van der Waals surface area contributed by atoms with E-state index >= 15 is 0 Å². The van der Waals surface area contributed by atoms with Gasteiger partial charge in [-0.2, -0.15) is 0 Å². The van der Waals surface area contributed by atoms with Crippen molar-refractivity contribution in [1.29, 1.82) is 0 Å². The Bertz CT molecular complexity index is 413. The monoisotopic (exact) mass is 260 g/mol. The Labute approximate surface area is 104 Å². The molecule has 1 aromatic carbocycles. The zero-order valence-electron chi connectivity index (χ0n) is 10.3. The lowest BCUT2D eigenvalue weighted by molar-refractivity contribution is -0.274. The number of halogens is 3. The lowest BCUT2D eigenvalue weighted by Gasteiger charge is -2.12. The van der Waals surface area contributed by atoms with Gasteiger partial charge in [0.05, 0.1) is 0 Å². The van der Waals surface area contributed by atoms with Crippen LogP contribution in [0.3, 0.4) is 0 Å². The average Bonchev–Trinajstić information content (AvgIpc) is 2.26. The fourth-order valence-electron chi connectivity index (χ4n) is 1.70. The first kappa shape index (κ1) is 14.5. The maximum absolute atomic E-state index is 12.0. The number of benzene rings is 1. The van der Waals surface area contributed by atoms with Crippen LogP contribution in [0.4, 0.5) is 13.2 Å². The first-order chi connectivity index (χ1) is 8.33. The predicted octanol–water partition coefficient (Wildman–Crippen LogP) is 4.20. The van der Waals surface area contributed by atoms with Crippen molar-refractivity contribution in [3.8, 4) is 5.75 Å². The summed E-state index contributed by atoms with van der Waals surface area (Å²) in [5.74, 6) is -0.724. The Morgan fingerprint density at radius 3 is 2.61 bits per heavy atom. The van der Waals surface area contributed by atoms with Gasteiger partial charge in [-0.1, -0.05) is 32.4 Å². The second-order valence-electron chi connectivity index (χ2n) is 4.13. The van der Waals surface area contributed by atoms with Crippen LogP contribution in [-0.2, 0) is 0 Å². The molecule has 0 spiro atoms. The molecule has 0 aliphatic heterocycles. The van der Waals surface area contributed by atoms with Gasteiger partial charge >= 0.3 is 6.36 Å². The molecule has 100 valence electrons. The Morgan fingerprint density at radius 1 is 1.39 bits per heavy atom. The molecule has 0 radical (unpaired) electrons. The van der Waals surface area contributed by atoms with E-state index in [0.29, 0.717) is 6.42 Å². The molecule has 0 saturated carbocycles. The molecule has 0 aliphatic carbocycles. The second kappa shape index (κ2) is 5.89. The van der Waals surface area contributed by atoms with Crippen molar-refractivity contribution in [3.63, 3.8) is 0 Å². The van der Waals surface area contributed by atoms with E-state index in [9.17, 15) is 18.0 Å². The predicted molar refractivity (Wildman–Crippen MR) is 61.5 cm³/mol. The number of rotatable bonds is 5. The van der Waals surface area contributed by atoms with E-state index in [4.69, 9.17) is 0 Å². The van der Waals surface area contributed by atoms with Crippen LogP contribution in [0.25, 0.3) is 0 Å². The van der Waals surface area contributed by atoms with Crippen LogP contribution in [-0.4, -0.2) is 12.1 Å². The van der Waals surface area contributed by atoms with Gasteiger partial charge in [0, 0.05) is 11.5 Å². The van der Waals surface area contributed by atoms with Crippen LogP contribution >= 0.6 is 0 Å². The third kappa shape index (κ3) is 4.39. The van der Waals surface area contributed by atoms with Crippen molar-refractivity contribution in [2.75, 3.05) is 0 Å². The molecule has 2 nitrogen and oxygen atoms in total. The van der Waals surface area contributed by atoms with E-state index in [1.807, 2.05) is 6.92 Å². The summed E-state index contributed by atoms with van der Waals surface area (Å²) in [6, 6.07) is 5.18. The molecule has 5 heteroatoms. The average molecular weight is 260 g/mol. The summed E-state index contributed by atoms with van der Waals surface area (Å²) in [4.78, 5) is 11.9. The lowest BCUT2D eigenvalue weighted by atomic mass is 9.95. The number of Topliss-reactive ketones (excluding diaryl/α,β-unsaturated/α-hetero) is 1. The highest BCUT2D eigenvalue weighted by atomic mass is 19.4. The van der Waals surface area contributed by atoms with Crippen LogP contribution in [0.15, 0.2) is 24.3 Å². The largest absolute Gasteiger partial charge is 0.573 e. The van der Waals surface area contributed by atoms with E-state index in [-0.39, 0.29) is 23.0 Å². The third-order valence-corrected chi connectivity index (χ3v) is 2.52. The molecule has 1 unspecified atom stereocenters. The van der Waals surface area contributed by atoms with Crippen LogP contribution in [0.2, 0.25) is 0 Å². The molecule has 0 bridgehead atoms. The standard InChI is InChI=1S/C13H15F3O2/c1-3-5-9(2)12(17)10-6-4-7-11(8-10)18-13(14,15)16/h4,6-9H,3,5H2,1-2H3. The summed E-state index contributed by atoms with van der Waals surface area (Å²) in [5.41, 5.74) is 0.248. The number of carbonyl (C=O) groups excluding carboxylic acids is 1. The van der Waals surface area contributed by atoms with E-state index in [0.717, 1.165) is 12.5 Å². The molecule has 0 fully saturated rings. The minimum atomic E-state index is -4.74. The molecule has 0 amide bonds. The van der Waals surface area contributed by atoms with Crippen molar-refractivity contribution >= 4 is 5.78 Å². The highest BCUT2D eigenvalue weighted by molar-refractivity contribution is 5.97. The molecule has 1 rings (SSSR count). The first-order valence-corrected chi connectivity index (χ1v) is 5.73. The zero-order chi connectivity index (χ0) is 13.8. The summed E-state index contributed by atoms with van der Waals surface area (Å²) in [5, 5.41) is 0. The van der Waals surface area contributed by atoms with Gasteiger partial charge in [-0.3, -0.25) is 4.79 Å². The topological polar surface area (TPSA) is 26.3 Å². The van der Waals surface area contributed by atoms with E-state index in [1.165, 1.54) is 18.2 Å². The van der Waals surface area contributed by atoms with Crippen molar-refractivity contribution in [2.45, 2.75) is 33.1 Å². The SMILES string of the molecule is CCCC(C)C(=O)c1cccc(OC(F)(F)F)c1. The quantitative estimate of drug-likeness (QED) is 0.741. The summed E-state index contributed by atoms with van der Waals surface area (Å²) in [6.07, 6.45) is -3.18. The number of hydrogen-bond acceptors (Lipinski definition) is 2. The molecular weight excluding hydrogens is 245 g/mol. The van der Waals surface area contributed by atoms with Gasteiger partial charge < -0.3 is 4.74 Å². The van der Waals surface area contributed by atoms with Gasteiger partial charge in [-0.15, -0.1) is 13.2 Å². The van der Waals surface area contributed by atoms with Gasteiger partial charge in [0.2, 0.25) is 0 Å². The minimum Gasteiger partial charge on any atom is -0.406 e. The lowest BCUT2D eigenvalue weighted by Crippen LogP contribution is -2.17. The number of carbonyl (C=O) groups is 1. The highest BCUT2D eigenvalue weighted by Crippen LogP contribution is 2.24. The zero-order valence-corrected chi connectivity index (χ0v) is 10.3. The Hall–Kier alpha value is -1.52. The second-order valence-corrected chi connectivity index (χ2v) is 4.13. The van der Waals surface area contributed by atoms with E-state index < -0.39 is 6.36 Å². The normalized spacial score (nSPS) is 13.2. The molecule has 0 saturated heterocycles. The highest BCUT2D eigenvalue weighted by Gasteiger charge is 2.31. The number of hydrogen-bond donors (Lipinski definition) is 0. The summed E-state index contributed by atoms with van der Waals surface area (Å²) in [7, 11) is 0. The summed E-state index contributed by atoms with van der Waals surface area (Å²) >= 11 is 0. The van der Waals surface area contributed by atoms with Crippen LogP contribution in [0.5, 0.6) is 5.75 Å². The molecule has 0 aromatic heterocycles. The molecule has 18 heavy (non-hydrogen) atoms. The number of ketones is 1. The fourth-order valence-corrected chi connectivity index (χ4v) is 1.70. The fraction of sp³-hybridized carbons (Fsp3) is 0.462. The molecular formula is C13H15F3O2. The van der Waals surface area contributed by atoms with Crippen molar-refractivity contribution in [1.82, 2.24) is 0 Å². The van der Waals surface area contributed by atoms with Crippen LogP contribution < -0.4 is 4.74 Å². The maximum Gasteiger partial charge on any atom is 0.573 e. The first-order valence-electron chi connectivity index (χ1n) is 5.73. The van der Waals surface area contributed by atoms with Crippen molar-refractivity contribution < 1.29 is 22.7 Å². The Morgan fingerprint density at radius 2 is 2.06 bits per heavy atom. The van der Waals surface area contributed by atoms with Gasteiger partial charge in [-0.25, -0.2) is 0 Å².